The monoisotopic (exact) mass is 568 g/mol. The lowest BCUT2D eigenvalue weighted by Crippen LogP contribution is -2.03. The van der Waals surface area contributed by atoms with Crippen molar-refractivity contribution >= 4 is 63.1 Å². The molecule has 5 nitrogen and oxygen atoms in total. The molecule has 0 fully saturated rings. The molecule has 5 aromatic rings. The van der Waals surface area contributed by atoms with E-state index in [2.05, 4.69) is 28.8 Å². The van der Waals surface area contributed by atoms with Gasteiger partial charge in [0, 0.05) is 55.0 Å². The average molecular weight is 569 g/mol. The number of carbonyl (C=O) groups is 2. The van der Waals surface area contributed by atoms with Crippen molar-refractivity contribution in [2.75, 3.05) is 5.75 Å². The number of hydrogen-bond acceptors (Lipinski definition) is 5. The second-order valence-electron chi connectivity index (χ2n) is 9.50. The van der Waals surface area contributed by atoms with Crippen molar-refractivity contribution in [2.45, 2.75) is 38.1 Å². The molecule has 7 heteroatoms. The largest absolute Gasteiger partial charge is 0.341 e. The van der Waals surface area contributed by atoms with Gasteiger partial charge in [-0.2, -0.15) is 0 Å². The third-order valence-electron chi connectivity index (χ3n) is 7.01. The molecule has 0 aliphatic rings. The molecule has 1 aromatic heterocycles. The Labute approximate surface area is 242 Å². The summed E-state index contributed by atoms with van der Waals surface area (Å²) in [4.78, 5) is 30.4. The van der Waals surface area contributed by atoms with Crippen LogP contribution in [0.15, 0.2) is 95.0 Å². The molecule has 4 aromatic carbocycles. The number of ketones is 1. The molecule has 0 bridgehead atoms. The number of hydrogen-bond donors (Lipinski definition) is 0. The lowest BCUT2D eigenvalue weighted by atomic mass is 9.97. The summed E-state index contributed by atoms with van der Waals surface area (Å²) in [7, 11) is 0. The van der Waals surface area contributed by atoms with Crippen LogP contribution in [0.2, 0.25) is 5.02 Å². The number of fused-ring (bicyclic) bond motifs is 3. The Morgan fingerprint density at radius 3 is 2.30 bits per heavy atom. The van der Waals surface area contributed by atoms with Crippen LogP contribution >= 0.6 is 23.4 Å². The minimum Gasteiger partial charge on any atom is -0.341 e. The fourth-order valence-electron chi connectivity index (χ4n) is 5.04. The maximum absolute atomic E-state index is 13.4. The first-order chi connectivity index (χ1) is 19.5. The van der Waals surface area contributed by atoms with Crippen molar-refractivity contribution in [3.05, 3.63) is 112 Å². The van der Waals surface area contributed by atoms with Gasteiger partial charge in [-0.05, 0) is 92.6 Å². The zero-order valence-electron chi connectivity index (χ0n) is 22.4. The van der Waals surface area contributed by atoms with Crippen LogP contribution in [-0.4, -0.2) is 28.3 Å². The molecule has 0 unspecified atom stereocenters. The van der Waals surface area contributed by atoms with E-state index in [0.29, 0.717) is 29.7 Å². The third kappa shape index (κ3) is 5.83. The lowest BCUT2D eigenvalue weighted by Gasteiger charge is -2.08. The van der Waals surface area contributed by atoms with Crippen LogP contribution in [0, 0.1) is 6.92 Å². The third-order valence-corrected chi connectivity index (χ3v) is 8.36. The maximum Gasteiger partial charge on any atom is 0.323 e. The van der Waals surface area contributed by atoms with E-state index in [-0.39, 0.29) is 5.78 Å². The number of halogens is 1. The number of carbonyl (C=O) groups excluding carboxylic acids is 2. The van der Waals surface area contributed by atoms with Gasteiger partial charge in [0.2, 0.25) is 0 Å². The summed E-state index contributed by atoms with van der Waals surface area (Å²) in [5.74, 6) is 0.886. The minimum absolute atomic E-state index is 0.00775. The lowest BCUT2D eigenvalue weighted by molar-refractivity contribution is -0.128. The Kier molecular flexibility index (Phi) is 8.68. The van der Waals surface area contributed by atoms with Gasteiger partial charge in [-0.25, -0.2) is 0 Å². The summed E-state index contributed by atoms with van der Waals surface area (Å²) in [6.45, 7) is 5.20. The second kappa shape index (κ2) is 12.5. The van der Waals surface area contributed by atoms with E-state index in [0.717, 1.165) is 61.6 Å². The predicted molar refractivity (Wildman–Crippen MR) is 165 cm³/mol. The van der Waals surface area contributed by atoms with Gasteiger partial charge in [0.05, 0.1) is 5.71 Å². The van der Waals surface area contributed by atoms with Crippen LogP contribution in [0.4, 0.5) is 0 Å². The SMILES string of the molecule is CCn1c2ccc(C(=O)c3ccccc3C)cc2c2cc(/C(CCCSc3ccc(Cl)cc3)=N/OC=O)ccc21. The molecule has 0 N–H and O–H groups in total. The van der Waals surface area contributed by atoms with E-state index >= 15 is 0 Å². The molecule has 0 spiro atoms. The normalized spacial score (nSPS) is 11.7. The first-order valence-corrected chi connectivity index (χ1v) is 14.6. The highest BCUT2D eigenvalue weighted by Crippen LogP contribution is 2.32. The average Bonchev–Trinajstić information content (AvgIpc) is 3.29. The molecule has 40 heavy (non-hydrogen) atoms. The fraction of sp³-hybridized carbons (Fsp3) is 0.182. The number of aromatic nitrogens is 1. The second-order valence-corrected chi connectivity index (χ2v) is 11.1. The summed E-state index contributed by atoms with van der Waals surface area (Å²) in [5.41, 5.74) is 6.05. The van der Waals surface area contributed by atoms with E-state index in [9.17, 15) is 9.59 Å². The van der Waals surface area contributed by atoms with Crippen molar-refractivity contribution in [1.82, 2.24) is 4.57 Å². The summed E-state index contributed by atoms with van der Waals surface area (Å²) in [5, 5.41) is 6.89. The zero-order valence-corrected chi connectivity index (χ0v) is 24.0. The van der Waals surface area contributed by atoms with Crippen molar-refractivity contribution in [3.63, 3.8) is 0 Å². The minimum atomic E-state index is 0.00775. The molecule has 5 rings (SSSR count). The van der Waals surface area contributed by atoms with Gasteiger partial charge in [-0.3, -0.25) is 9.59 Å². The van der Waals surface area contributed by atoms with Crippen LogP contribution in [0.25, 0.3) is 21.8 Å². The highest BCUT2D eigenvalue weighted by molar-refractivity contribution is 7.99. The summed E-state index contributed by atoms with van der Waals surface area (Å²) in [6, 6.07) is 27.6. The van der Waals surface area contributed by atoms with Gasteiger partial charge in [0.25, 0.3) is 0 Å². The molecule has 0 saturated carbocycles. The molecular weight excluding hydrogens is 540 g/mol. The van der Waals surface area contributed by atoms with Crippen molar-refractivity contribution in [3.8, 4) is 0 Å². The van der Waals surface area contributed by atoms with Gasteiger partial charge >= 0.3 is 6.47 Å². The Morgan fingerprint density at radius 2 is 1.62 bits per heavy atom. The zero-order chi connectivity index (χ0) is 28.1. The molecular formula is C33H29ClN2O3S. The highest BCUT2D eigenvalue weighted by Gasteiger charge is 2.17. The molecule has 202 valence electrons. The molecule has 0 aliphatic carbocycles. The Bertz CT molecular complexity index is 1720. The van der Waals surface area contributed by atoms with Gasteiger partial charge in [-0.15, -0.1) is 11.8 Å². The number of oxime groups is 1. The summed E-state index contributed by atoms with van der Waals surface area (Å²) >= 11 is 7.74. The molecule has 0 amide bonds. The molecule has 0 radical (unpaired) electrons. The Hall–Kier alpha value is -3.87. The van der Waals surface area contributed by atoms with E-state index in [1.165, 1.54) is 0 Å². The van der Waals surface area contributed by atoms with Crippen LogP contribution in [0.3, 0.4) is 0 Å². The number of benzene rings is 4. The fourth-order valence-corrected chi connectivity index (χ4v) is 6.02. The highest BCUT2D eigenvalue weighted by atomic mass is 35.5. The smallest absolute Gasteiger partial charge is 0.323 e. The van der Waals surface area contributed by atoms with E-state index < -0.39 is 0 Å². The first kappa shape index (κ1) is 27.7. The number of nitrogens with zero attached hydrogens (tertiary/aromatic N) is 2. The number of rotatable bonds is 11. The molecule has 0 saturated heterocycles. The van der Waals surface area contributed by atoms with Crippen LogP contribution in [0.5, 0.6) is 0 Å². The van der Waals surface area contributed by atoms with E-state index in [1.54, 1.807) is 11.8 Å². The van der Waals surface area contributed by atoms with Crippen molar-refractivity contribution in [2.24, 2.45) is 5.16 Å². The Balaban J connectivity index is 1.47. The van der Waals surface area contributed by atoms with Crippen LogP contribution < -0.4 is 0 Å². The first-order valence-electron chi connectivity index (χ1n) is 13.2. The van der Waals surface area contributed by atoms with E-state index in [4.69, 9.17) is 16.4 Å². The predicted octanol–water partition coefficient (Wildman–Crippen LogP) is 8.46. The molecule has 1 heterocycles. The molecule has 0 atom stereocenters. The maximum atomic E-state index is 13.4. The summed E-state index contributed by atoms with van der Waals surface area (Å²) in [6.07, 6.45) is 1.49. The number of thioether (sulfide) groups is 1. The van der Waals surface area contributed by atoms with Gasteiger partial charge in [0.15, 0.2) is 5.78 Å². The van der Waals surface area contributed by atoms with Gasteiger partial charge in [-0.1, -0.05) is 47.1 Å². The summed E-state index contributed by atoms with van der Waals surface area (Å²) < 4.78 is 2.25. The van der Waals surface area contributed by atoms with Crippen LogP contribution in [-0.2, 0) is 16.2 Å². The van der Waals surface area contributed by atoms with E-state index in [1.807, 2.05) is 79.7 Å². The van der Waals surface area contributed by atoms with Gasteiger partial charge < -0.3 is 9.40 Å². The standard InChI is InChI=1S/C33H29ClN2O3S/c1-3-36-31-16-10-23(30(35-39-21-37)9-6-18-40-26-14-12-25(34)13-15-26)19-28(31)29-20-24(11-17-32(29)36)33(38)27-8-5-4-7-22(27)2/h4-5,7-8,10-17,19-21H,3,6,9,18H2,1-2H3/b35-30+. The van der Waals surface area contributed by atoms with Crippen LogP contribution in [0.1, 0.15) is 46.8 Å². The van der Waals surface area contributed by atoms with Gasteiger partial charge in [0.1, 0.15) is 0 Å². The topological polar surface area (TPSA) is 60.7 Å². The molecule has 0 aliphatic heterocycles. The van der Waals surface area contributed by atoms with Crippen molar-refractivity contribution in [1.29, 1.82) is 0 Å². The number of aryl methyl sites for hydroxylation is 2. The quantitative estimate of drug-likeness (QED) is 0.0305. The van der Waals surface area contributed by atoms with Crippen molar-refractivity contribution < 1.29 is 14.4 Å². The Morgan fingerprint density at radius 1 is 0.950 bits per heavy atom.